The highest BCUT2D eigenvalue weighted by molar-refractivity contribution is 7.22. The number of aromatic nitrogens is 1. The number of benzene rings is 3. The number of hydrogen-bond donors (Lipinski definition) is 0. The molecule has 4 aromatic rings. The summed E-state index contributed by atoms with van der Waals surface area (Å²) in [6.07, 6.45) is 0. The van der Waals surface area contributed by atoms with Crippen molar-refractivity contribution in [1.29, 1.82) is 0 Å². The quantitative estimate of drug-likeness (QED) is 0.426. The molecule has 4 rings (SSSR count). The van der Waals surface area contributed by atoms with Gasteiger partial charge in [-0.1, -0.05) is 65.4 Å². The van der Waals surface area contributed by atoms with Crippen LogP contribution in [0.4, 0.5) is 5.13 Å². The van der Waals surface area contributed by atoms with E-state index in [1.165, 1.54) is 11.3 Å². The molecule has 1 heterocycles. The monoisotopic (exact) mass is 402 g/mol. The molecule has 0 aliphatic carbocycles. The normalized spacial score (nSPS) is 10.9. The van der Waals surface area contributed by atoms with Crippen molar-refractivity contribution in [3.05, 3.63) is 89.0 Å². The van der Waals surface area contributed by atoms with E-state index in [1.807, 2.05) is 80.6 Å². The molecule has 0 spiro atoms. The van der Waals surface area contributed by atoms with Gasteiger partial charge in [-0.2, -0.15) is 0 Å². The van der Waals surface area contributed by atoms with E-state index in [0.29, 0.717) is 17.2 Å². The molecule has 0 saturated carbocycles. The zero-order valence-corrected chi connectivity index (χ0v) is 17.5. The van der Waals surface area contributed by atoms with Gasteiger partial charge in [-0.15, -0.1) is 0 Å². The second-order valence-electron chi connectivity index (χ2n) is 7.00. The van der Waals surface area contributed by atoms with E-state index < -0.39 is 0 Å². The molecule has 0 saturated heterocycles. The van der Waals surface area contributed by atoms with Crippen molar-refractivity contribution < 1.29 is 9.53 Å². The van der Waals surface area contributed by atoms with Crippen molar-refractivity contribution in [3.8, 4) is 5.75 Å². The minimum atomic E-state index is -0.0653. The van der Waals surface area contributed by atoms with Gasteiger partial charge in [-0.3, -0.25) is 9.69 Å². The molecule has 3 aromatic carbocycles. The van der Waals surface area contributed by atoms with Crippen LogP contribution < -0.4 is 9.64 Å². The summed E-state index contributed by atoms with van der Waals surface area (Å²) in [6, 6.07) is 21.6. The highest BCUT2D eigenvalue weighted by Gasteiger charge is 2.23. The van der Waals surface area contributed by atoms with Gasteiger partial charge in [0.15, 0.2) is 5.13 Å². The molecule has 0 fully saturated rings. The Bertz CT molecular complexity index is 1150. The smallest absolute Gasteiger partial charge is 0.260 e. The Hall–Kier alpha value is -3.18. The lowest BCUT2D eigenvalue weighted by atomic mass is 10.1. The Labute approximate surface area is 174 Å². The molecule has 0 bridgehead atoms. The number of anilines is 1. The zero-order valence-electron chi connectivity index (χ0n) is 16.7. The Morgan fingerprint density at radius 3 is 2.41 bits per heavy atom. The fourth-order valence-electron chi connectivity index (χ4n) is 3.22. The first-order valence-corrected chi connectivity index (χ1v) is 10.2. The number of ether oxygens (including phenoxy) is 1. The number of hydrogen-bond acceptors (Lipinski definition) is 4. The molecule has 0 aliphatic rings. The summed E-state index contributed by atoms with van der Waals surface area (Å²) in [5, 5.41) is 0.669. The molecule has 4 nitrogen and oxygen atoms in total. The van der Waals surface area contributed by atoms with Crippen LogP contribution in [0.1, 0.15) is 27.0 Å². The van der Waals surface area contributed by atoms with Crippen molar-refractivity contribution in [2.45, 2.75) is 20.4 Å². The lowest BCUT2D eigenvalue weighted by Crippen LogP contribution is -2.30. The van der Waals surface area contributed by atoms with Crippen molar-refractivity contribution in [3.63, 3.8) is 0 Å². The maximum Gasteiger partial charge on any atom is 0.260 e. The third kappa shape index (κ3) is 3.87. The minimum absolute atomic E-state index is 0.0653. The van der Waals surface area contributed by atoms with E-state index in [0.717, 1.165) is 32.7 Å². The van der Waals surface area contributed by atoms with E-state index >= 15 is 0 Å². The van der Waals surface area contributed by atoms with E-state index in [9.17, 15) is 4.79 Å². The summed E-state index contributed by atoms with van der Waals surface area (Å²) < 4.78 is 6.53. The van der Waals surface area contributed by atoms with Gasteiger partial charge in [0, 0.05) is 5.56 Å². The maximum atomic E-state index is 13.4. The summed E-state index contributed by atoms with van der Waals surface area (Å²) in [5.41, 5.74) is 4.73. The Morgan fingerprint density at radius 2 is 1.72 bits per heavy atom. The SMILES string of the molecule is COc1ccc(C)c2sc(N(Cc3ccccc3)C(=O)c3ccc(C)cc3)nc12. The average Bonchev–Trinajstić information content (AvgIpc) is 3.19. The highest BCUT2D eigenvalue weighted by atomic mass is 32.1. The van der Waals surface area contributed by atoms with Crippen molar-refractivity contribution >= 4 is 32.6 Å². The molecule has 0 unspecified atom stereocenters. The van der Waals surface area contributed by atoms with Crippen LogP contribution in [-0.4, -0.2) is 18.0 Å². The molecule has 5 heteroatoms. The number of methoxy groups -OCH3 is 1. The molecule has 1 amide bonds. The fourth-order valence-corrected chi connectivity index (χ4v) is 4.27. The number of carbonyl (C=O) groups excluding carboxylic acids is 1. The number of amides is 1. The second kappa shape index (κ2) is 8.05. The Kier molecular flexibility index (Phi) is 5.32. The van der Waals surface area contributed by atoms with E-state index in [-0.39, 0.29) is 5.91 Å². The lowest BCUT2D eigenvalue weighted by molar-refractivity contribution is 0.0985. The first-order chi connectivity index (χ1) is 14.1. The van der Waals surface area contributed by atoms with Gasteiger partial charge in [0.25, 0.3) is 5.91 Å². The third-order valence-corrected chi connectivity index (χ3v) is 6.08. The molecule has 0 N–H and O–H groups in total. The van der Waals surface area contributed by atoms with Crippen molar-refractivity contribution in [2.75, 3.05) is 12.0 Å². The molecule has 0 atom stereocenters. The van der Waals surface area contributed by atoms with Crippen LogP contribution in [0.3, 0.4) is 0 Å². The third-order valence-electron chi connectivity index (χ3n) is 4.87. The lowest BCUT2D eigenvalue weighted by Gasteiger charge is -2.20. The average molecular weight is 403 g/mol. The number of carbonyl (C=O) groups is 1. The van der Waals surface area contributed by atoms with Gasteiger partial charge in [0.2, 0.25) is 0 Å². The largest absolute Gasteiger partial charge is 0.494 e. The Balaban J connectivity index is 1.81. The van der Waals surface area contributed by atoms with Crippen LogP contribution in [0.2, 0.25) is 0 Å². The van der Waals surface area contributed by atoms with Crippen LogP contribution in [0.15, 0.2) is 66.7 Å². The summed E-state index contributed by atoms with van der Waals surface area (Å²) in [5.74, 6) is 0.653. The van der Waals surface area contributed by atoms with E-state index in [1.54, 1.807) is 12.0 Å². The molecule has 0 radical (unpaired) electrons. The molecule has 0 aliphatic heterocycles. The van der Waals surface area contributed by atoms with Gasteiger partial charge in [-0.25, -0.2) is 4.98 Å². The van der Waals surface area contributed by atoms with Gasteiger partial charge in [0.05, 0.1) is 18.4 Å². The van der Waals surface area contributed by atoms with Gasteiger partial charge in [-0.05, 0) is 43.2 Å². The van der Waals surface area contributed by atoms with E-state index in [2.05, 4.69) is 0 Å². The summed E-state index contributed by atoms with van der Waals surface area (Å²) in [7, 11) is 1.64. The first-order valence-electron chi connectivity index (χ1n) is 9.43. The molecule has 1 aromatic heterocycles. The molecular formula is C24H22N2O2S. The number of fused-ring (bicyclic) bond motifs is 1. The summed E-state index contributed by atoms with van der Waals surface area (Å²) in [4.78, 5) is 20.0. The minimum Gasteiger partial charge on any atom is -0.494 e. The summed E-state index contributed by atoms with van der Waals surface area (Å²) in [6.45, 7) is 4.51. The van der Waals surface area contributed by atoms with Gasteiger partial charge in [0.1, 0.15) is 11.3 Å². The van der Waals surface area contributed by atoms with Gasteiger partial charge < -0.3 is 4.74 Å². The number of rotatable bonds is 5. The molecule has 29 heavy (non-hydrogen) atoms. The maximum absolute atomic E-state index is 13.4. The van der Waals surface area contributed by atoms with Crippen LogP contribution >= 0.6 is 11.3 Å². The number of nitrogens with zero attached hydrogens (tertiary/aromatic N) is 2. The van der Waals surface area contributed by atoms with Crippen LogP contribution in [0.5, 0.6) is 5.75 Å². The number of aryl methyl sites for hydroxylation is 2. The van der Waals surface area contributed by atoms with Gasteiger partial charge >= 0.3 is 0 Å². The highest BCUT2D eigenvalue weighted by Crippen LogP contribution is 2.37. The van der Waals surface area contributed by atoms with Crippen molar-refractivity contribution in [2.24, 2.45) is 0 Å². The van der Waals surface area contributed by atoms with Crippen LogP contribution in [0, 0.1) is 13.8 Å². The Morgan fingerprint density at radius 1 is 1.00 bits per heavy atom. The topological polar surface area (TPSA) is 42.4 Å². The standard InChI is InChI=1S/C24H22N2O2S/c1-16-9-12-19(13-10-16)23(27)26(15-18-7-5-4-6-8-18)24-25-21-20(28-3)14-11-17(2)22(21)29-24/h4-14H,15H2,1-3H3. The summed E-state index contributed by atoms with van der Waals surface area (Å²) >= 11 is 1.52. The second-order valence-corrected chi connectivity index (χ2v) is 7.98. The predicted octanol–water partition coefficient (Wildman–Crippen LogP) is 5.77. The zero-order chi connectivity index (χ0) is 20.4. The fraction of sp³-hybridized carbons (Fsp3) is 0.167. The van der Waals surface area contributed by atoms with Crippen LogP contribution in [-0.2, 0) is 6.54 Å². The van der Waals surface area contributed by atoms with Crippen molar-refractivity contribution in [1.82, 2.24) is 4.98 Å². The van der Waals surface area contributed by atoms with E-state index in [4.69, 9.17) is 9.72 Å². The first kappa shape index (κ1) is 19.2. The number of thiazole rings is 1. The predicted molar refractivity (Wildman–Crippen MR) is 119 cm³/mol. The molecule has 146 valence electrons. The molecular weight excluding hydrogens is 380 g/mol. The van der Waals surface area contributed by atoms with Crippen LogP contribution in [0.25, 0.3) is 10.2 Å².